The predicted octanol–water partition coefficient (Wildman–Crippen LogP) is 4.09. The van der Waals surface area contributed by atoms with Crippen LogP contribution >= 0.6 is 11.3 Å². The number of carbonyl (C=O) groups excluding carboxylic acids is 1. The molecule has 3 heterocycles. The van der Waals surface area contributed by atoms with Crippen molar-refractivity contribution < 1.29 is 4.79 Å². The van der Waals surface area contributed by atoms with Crippen molar-refractivity contribution in [3.8, 4) is 10.6 Å². The van der Waals surface area contributed by atoms with E-state index in [0.717, 1.165) is 51.7 Å². The summed E-state index contributed by atoms with van der Waals surface area (Å²) < 4.78 is 1.38. The number of fused-ring (bicyclic) bond motifs is 1. The van der Waals surface area contributed by atoms with E-state index in [1.54, 1.807) is 6.07 Å². The summed E-state index contributed by atoms with van der Waals surface area (Å²) in [6.45, 7) is 9.34. The number of aromatic nitrogens is 3. The van der Waals surface area contributed by atoms with Crippen molar-refractivity contribution in [1.82, 2.24) is 24.4 Å². The zero-order valence-electron chi connectivity index (χ0n) is 20.1. The third-order valence-electron chi connectivity index (χ3n) is 6.56. The van der Waals surface area contributed by atoms with Crippen LogP contribution in [0.4, 0.5) is 10.5 Å². The second-order valence-corrected chi connectivity index (χ2v) is 9.90. The number of amides is 2. The Balaban J connectivity index is 1.24. The van der Waals surface area contributed by atoms with Crippen molar-refractivity contribution in [2.75, 3.05) is 31.5 Å². The first-order valence-electron chi connectivity index (χ1n) is 11.7. The minimum absolute atomic E-state index is 0.0791. The molecular formula is C26H28N6O2S. The zero-order chi connectivity index (χ0) is 24.5. The molecule has 0 aliphatic carbocycles. The predicted molar refractivity (Wildman–Crippen MR) is 139 cm³/mol. The minimum atomic E-state index is -0.173. The molecule has 2 amide bonds. The summed E-state index contributed by atoms with van der Waals surface area (Å²) in [5.74, 6) is 0. The molecule has 1 aliphatic heterocycles. The number of anilines is 1. The van der Waals surface area contributed by atoms with Gasteiger partial charge in [-0.05, 0) is 43.5 Å². The highest BCUT2D eigenvalue weighted by Gasteiger charge is 2.22. The van der Waals surface area contributed by atoms with E-state index in [1.165, 1.54) is 15.9 Å². The van der Waals surface area contributed by atoms with Crippen LogP contribution in [-0.4, -0.2) is 56.6 Å². The molecule has 0 saturated carbocycles. The number of hydrogen-bond acceptors (Lipinski definition) is 6. The number of benzene rings is 2. The Hall–Kier alpha value is -3.56. The number of nitrogens with one attached hydrogen (secondary N) is 1. The molecule has 1 N–H and O–H groups in total. The first-order chi connectivity index (χ1) is 16.9. The van der Waals surface area contributed by atoms with Crippen LogP contribution in [0.3, 0.4) is 0 Å². The Morgan fingerprint density at radius 2 is 1.74 bits per heavy atom. The Morgan fingerprint density at radius 1 is 1.00 bits per heavy atom. The molecule has 2 aromatic carbocycles. The van der Waals surface area contributed by atoms with Gasteiger partial charge < -0.3 is 10.2 Å². The van der Waals surface area contributed by atoms with Crippen molar-refractivity contribution in [2.24, 2.45) is 0 Å². The third kappa shape index (κ3) is 4.82. The monoisotopic (exact) mass is 488 g/mol. The van der Waals surface area contributed by atoms with E-state index in [1.807, 2.05) is 68.1 Å². The summed E-state index contributed by atoms with van der Waals surface area (Å²) in [4.78, 5) is 34.9. The first-order valence-corrected chi connectivity index (χ1v) is 12.5. The van der Waals surface area contributed by atoms with E-state index in [2.05, 4.69) is 15.3 Å². The quantitative estimate of drug-likeness (QED) is 0.468. The Labute approximate surface area is 207 Å². The molecule has 4 aromatic rings. The fourth-order valence-electron chi connectivity index (χ4n) is 4.28. The molecule has 9 heteroatoms. The summed E-state index contributed by atoms with van der Waals surface area (Å²) in [7, 11) is 0. The fourth-order valence-corrected chi connectivity index (χ4v) is 5.29. The van der Waals surface area contributed by atoms with Crippen molar-refractivity contribution in [2.45, 2.75) is 27.3 Å². The van der Waals surface area contributed by atoms with Crippen molar-refractivity contribution in [3.63, 3.8) is 0 Å². The lowest BCUT2D eigenvalue weighted by molar-refractivity contribution is 0.142. The van der Waals surface area contributed by atoms with E-state index in [0.29, 0.717) is 24.6 Å². The van der Waals surface area contributed by atoms with Crippen LogP contribution in [0.1, 0.15) is 22.4 Å². The SMILES string of the molecule is Cc1ccccc1-c1nn2c(=O)cc(CN3CCN(C(=O)Nc4cccc(C)c4C)CC3)nc2s1. The van der Waals surface area contributed by atoms with E-state index in [4.69, 9.17) is 4.98 Å². The molecule has 0 atom stereocenters. The van der Waals surface area contributed by atoms with Gasteiger partial charge in [-0.15, -0.1) is 0 Å². The molecule has 1 saturated heterocycles. The Bertz CT molecular complexity index is 1450. The van der Waals surface area contributed by atoms with E-state index >= 15 is 0 Å². The molecule has 0 unspecified atom stereocenters. The average molecular weight is 489 g/mol. The molecule has 1 aliphatic rings. The van der Waals surface area contributed by atoms with Crippen LogP contribution in [0.25, 0.3) is 15.5 Å². The lowest BCUT2D eigenvalue weighted by Crippen LogP contribution is -2.49. The molecule has 0 spiro atoms. The van der Waals surface area contributed by atoms with Gasteiger partial charge in [-0.25, -0.2) is 9.78 Å². The highest BCUT2D eigenvalue weighted by atomic mass is 32.1. The molecule has 2 aromatic heterocycles. The van der Waals surface area contributed by atoms with Gasteiger partial charge in [0.1, 0.15) is 5.01 Å². The van der Waals surface area contributed by atoms with Crippen molar-refractivity contribution in [3.05, 3.63) is 81.3 Å². The maximum absolute atomic E-state index is 12.8. The number of hydrogen-bond donors (Lipinski definition) is 1. The summed E-state index contributed by atoms with van der Waals surface area (Å²) in [5, 5.41) is 8.33. The summed E-state index contributed by atoms with van der Waals surface area (Å²) in [6, 6.07) is 15.4. The fraction of sp³-hybridized carbons (Fsp3) is 0.308. The number of nitrogens with zero attached hydrogens (tertiary/aromatic N) is 5. The maximum atomic E-state index is 12.8. The molecule has 1 fully saturated rings. The number of piperazine rings is 1. The smallest absolute Gasteiger partial charge is 0.321 e. The van der Waals surface area contributed by atoms with Crippen LogP contribution in [0.5, 0.6) is 0 Å². The molecular weight excluding hydrogens is 460 g/mol. The van der Waals surface area contributed by atoms with Crippen molar-refractivity contribution >= 4 is 28.0 Å². The molecule has 180 valence electrons. The number of carbonyl (C=O) groups is 1. The van der Waals surface area contributed by atoms with E-state index in [-0.39, 0.29) is 11.6 Å². The molecule has 35 heavy (non-hydrogen) atoms. The average Bonchev–Trinajstić information content (AvgIpc) is 3.27. The lowest BCUT2D eigenvalue weighted by atomic mass is 10.1. The molecule has 0 radical (unpaired) electrons. The zero-order valence-corrected chi connectivity index (χ0v) is 20.9. The Morgan fingerprint density at radius 3 is 2.51 bits per heavy atom. The second kappa shape index (κ2) is 9.59. The van der Waals surface area contributed by atoms with Gasteiger partial charge in [0.2, 0.25) is 4.96 Å². The summed E-state index contributed by atoms with van der Waals surface area (Å²) >= 11 is 1.42. The molecule has 8 nitrogen and oxygen atoms in total. The summed E-state index contributed by atoms with van der Waals surface area (Å²) in [6.07, 6.45) is 0. The largest absolute Gasteiger partial charge is 0.322 e. The van der Waals surface area contributed by atoms with Crippen LogP contribution in [-0.2, 0) is 6.54 Å². The molecule has 0 bridgehead atoms. The lowest BCUT2D eigenvalue weighted by Gasteiger charge is -2.34. The van der Waals surface area contributed by atoms with Crippen molar-refractivity contribution in [1.29, 1.82) is 0 Å². The second-order valence-electron chi connectivity index (χ2n) is 8.94. The molecule has 5 rings (SSSR count). The van der Waals surface area contributed by atoms with Gasteiger partial charge >= 0.3 is 6.03 Å². The van der Waals surface area contributed by atoms with Gasteiger partial charge in [-0.1, -0.05) is 47.7 Å². The topological polar surface area (TPSA) is 82.8 Å². The highest BCUT2D eigenvalue weighted by molar-refractivity contribution is 7.19. The normalized spacial score (nSPS) is 14.4. The standard InChI is InChI=1S/C26H28N6O2S/c1-17-8-6-10-22(19(17)3)28-25(34)31-13-11-30(12-14-31)16-20-15-23(33)32-26(27-20)35-24(29-32)21-9-5-4-7-18(21)2/h4-10,15H,11-14,16H2,1-3H3,(H,28,34). The van der Waals surface area contributed by atoms with Crippen LogP contribution in [0.15, 0.2) is 53.3 Å². The van der Waals surface area contributed by atoms with Gasteiger partial charge in [0, 0.05) is 50.0 Å². The van der Waals surface area contributed by atoms with E-state index < -0.39 is 0 Å². The van der Waals surface area contributed by atoms with Crippen LogP contribution in [0.2, 0.25) is 0 Å². The van der Waals surface area contributed by atoms with Gasteiger partial charge in [-0.3, -0.25) is 9.69 Å². The summed E-state index contributed by atoms with van der Waals surface area (Å²) in [5.41, 5.74) is 5.76. The Kier molecular flexibility index (Phi) is 6.36. The van der Waals surface area contributed by atoms with Gasteiger partial charge in [-0.2, -0.15) is 9.61 Å². The third-order valence-corrected chi connectivity index (χ3v) is 7.51. The van der Waals surface area contributed by atoms with Gasteiger partial charge in [0.25, 0.3) is 5.56 Å². The van der Waals surface area contributed by atoms with Gasteiger partial charge in [0.05, 0.1) is 5.69 Å². The van der Waals surface area contributed by atoms with Crippen LogP contribution in [0, 0.1) is 20.8 Å². The first kappa shape index (κ1) is 23.2. The highest BCUT2D eigenvalue weighted by Crippen LogP contribution is 2.27. The van der Waals surface area contributed by atoms with Crippen LogP contribution < -0.4 is 10.9 Å². The maximum Gasteiger partial charge on any atom is 0.321 e. The van der Waals surface area contributed by atoms with E-state index in [9.17, 15) is 9.59 Å². The minimum Gasteiger partial charge on any atom is -0.322 e. The number of rotatable bonds is 4. The van der Waals surface area contributed by atoms with Gasteiger partial charge in [0.15, 0.2) is 0 Å². The number of urea groups is 1. The number of aryl methyl sites for hydroxylation is 2.